The maximum Gasteiger partial charge on any atom is 0.433 e. The van der Waals surface area contributed by atoms with Crippen LogP contribution in [0, 0.1) is 13.8 Å². The van der Waals surface area contributed by atoms with Crippen LogP contribution >= 0.6 is 11.3 Å². The number of hydrogen-bond donors (Lipinski definition) is 1. The Hall–Kier alpha value is -2.35. The third-order valence-corrected chi connectivity index (χ3v) is 4.37. The van der Waals surface area contributed by atoms with E-state index >= 15 is 0 Å². The van der Waals surface area contributed by atoms with Crippen LogP contribution in [-0.2, 0) is 6.18 Å². The van der Waals surface area contributed by atoms with Crippen molar-refractivity contribution in [3.63, 3.8) is 0 Å². The molecule has 120 valence electrons. The van der Waals surface area contributed by atoms with Crippen LogP contribution in [0.2, 0.25) is 0 Å². The highest BCUT2D eigenvalue weighted by molar-refractivity contribution is 7.15. The number of rotatable bonds is 2. The molecule has 1 aromatic carbocycles. The van der Waals surface area contributed by atoms with Gasteiger partial charge in [-0.1, -0.05) is 0 Å². The van der Waals surface area contributed by atoms with Gasteiger partial charge in [0.1, 0.15) is 11.4 Å². The molecule has 2 aromatic heterocycles. The fourth-order valence-corrected chi connectivity index (χ4v) is 3.15. The van der Waals surface area contributed by atoms with Crippen molar-refractivity contribution in [1.82, 2.24) is 14.8 Å². The van der Waals surface area contributed by atoms with E-state index in [-0.39, 0.29) is 5.69 Å². The molecule has 2 heterocycles. The molecule has 23 heavy (non-hydrogen) atoms. The molecule has 0 spiro atoms. The highest BCUT2D eigenvalue weighted by Crippen LogP contribution is 2.36. The second-order valence-electron chi connectivity index (χ2n) is 5.06. The van der Waals surface area contributed by atoms with Crippen molar-refractivity contribution < 1.29 is 13.2 Å². The van der Waals surface area contributed by atoms with Gasteiger partial charge in [0.2, 0.25) is 0 Å². The first-order valence-corrected chi connectivity index (χ1v) is 7.55. The normalized spacial score (nSPS) is 11.9. The van der Waals surface area contributed by atoms with Gasteiger partial charge in [0, 0.05) is 5.69 Å². The average Bonchev–Trinajstić information content (AvgIpc) is 3.02. The summed E-state index contributed by atoms with van der Waals surface area (Å²) in [7, 11) is 0. The fourth-order valence-electron chi connectivity index (χ4n) is 2.28. The number of hydrogen-bond acceptors (Lipinski definition) is 4. The Bertz CT molecular complexity index is 847. The van der Waals surface area contributed by atoms with Gasteiger partial charge in [-0.25, -0.2) is 9.67 Å². The van der Waals surface area contributed by atoms with Gasteiger partial charge in [-0.05, 0) is 44.2 Å². The third kappa shape index (κ3) is 2.94. The molecule has 0 bridgehead atoms. The minimum Gasteiger partial charge on any atom is -0.399 e. The molecule has 8 heteroatoms. The molecule has 0 radical (unpaired) electrons. The average molecular weight is 338 g/mol. The molecule has 3 rings (SSSR count). The molecule has 0 fully saturated rings. The van der Waals surface area contributed by atoms with Crippen molar-refractivity contribution in [2.24, 2.45) is 0 Å². The lowest BCUT2D eigenvalue weighted by atomic mass is 10.2. The SMILES string of the molecule is Cc1nc(C)c(-c2cc(C(F)(F)F)n(-c3ccc(N)cc3)n2)s1. The molecule has 3 aromatic rings. The molecule has 0 amide bonds. The van der Waals surface area contributed by atoms with Gasteiger partial charge in [-0.3, -0.25) is 0 Å². The molecule has 0 aliphatic rings. The maximum atomic E-state index is 13.4. The van der Waals surface area contributed by atoms with E-state index < -0.39 is 11.9 Å². The first-order chi connectivity index (χ1) is 10.8. The zero-order chi connectivity index (χ0) is 16.8. The standard InChI is InChI=1S/C15H13F3N4S/c1-8-14(23-9(2)20-8)12-7-13(15(16,17)18)22(21-12)11-5-3-10(19)4-6-11/h3-7H,19H2,1-2H3. The quantitative estimate of drug-likeness (QED) is 0.712. The monoisotopic (exact) mass is 338 g/mol. The molecule has 2 N–H and O–H groups in total. The number of alkyl halides is 3. The zero-order valence-electron chi connectivity index (χ0n) is 12.3. The Balaban J connectivity index is 2.18. The minimum atomic E-state index is -4.51. The Labute approximate surface area is 134 Å². The van der Waals surface area contributed by atoms with E-state index in [0.717, 1.165) is 15.8 Å². The molecule has 0 aliphatic carbocycles. The fraction of sp³-hybridized carbons (Fsp3) is 0.200. The van der Waals surface area contributed by atoms with Crippen molar-refractivity contribution in [1.29, 1.82) is 0 Å². The van der Waals surface area contributed by atoms with Crippen molar-refractivity contribution >= 4 is 17.0 Å². The summed E-state index contributed by atoms with van der Waals surface area (Å²) in [6, 6.07) is 7.15. The number of anilines is 1. The van der Waals surface area contributed by atoms with Crippen LogP contribution in [0.4, 0.5) is 18.9 Å². The molecular weight excluding hydrogens is 325 g/mol. The van der Waals surface area contributed by atoms with Gasteiger partial charge < -0.3 is 5.73 Å². The van der Waals surface area contributed by atoms with Crippen LogP contribution < -0.4 is 5.73 Å². The first-order valence-electron chi connectivity index (χ1n) is 6.73. The molecule has 4 nitrogen and oxygen atoms in total. The summed E-state index contributed by atoms with van der Waals surface area (Å²) in [5, 5.41) is 4.93. The van der Waals surface area contributed by atoms with Gasteiger partial charge in [-0.2, -0.15) is 18.3 Å². The summed E-state index contributed by atoms with van der Waals surface area (Å²) in [6.07, 6.45) is -4.51. The molecule has 0 saturated heterocycles. The summed E-state index contributed by atoms with van der Waals surface area (Å²) in [4.78, 5) is 4.89. The van der Waals surface area contributed by atoms with Crippen molar-refractivity contribution in [3.05, 3.63) is 46.7 Å². The third-order valence-electron chi connectivity index (χ3n) is 3.27. The number of benzene rings is 1. The number of nitrogens with two attached hydrogens (primary N) is 1. The van der Waals surface area contributed by atoms with E-state index in [1.807, 2.05) is 6.92 Å². The Morgan fingerprint density at radius 3 is 2.30 bits per heavy atom. The molecule has 0 atom stereocenters. The van der Waals surface area contributed by atoms with E-state index in [9.17, 15) is 13.2 Å². The number of nitrogens with zero attached hydrogens (tertiary/aromatic N) is 3. The summed E-state index contributed by atoms with van der Waals surface area (Å²) in [6.45, 7) is 3.57. The molecule has 0 saturated carbocycles. The van der Waals surface area contributed by atoms with Gasteiger partial charge in [0.15, 0.2) is 0 Å². The second kappa shape index (κ2) is 5.38. The van der Waals surface area contributed by atoms with Gasteiger partial charge >= 0.3 is 6.18 Å². The van der Waals surface area contributed by atoms with E-state index in [1.165, 1.54) is 23.5 Å². The predicted octanol–water partition coefficient (Wildman–Crippen LogP) is 4.21. The van der Waals surface area contributed by atoms with Gasteiger partial charge in [0.25, 0.3) is 0 Å². The lowest BCUT2D eigenvalue weighted by molar-refractivity contribution is -0.142. The second-order valence-corrected chi connectivity index (χ2v) is 6.27. The van der Waals surface area contributed by atoms with E-state index in [2.05, 4.69) is 10.1 Å². The highest BCUT2D eigenvalue weighted by Gasteiger charge is 2.36. The summed E-state index contributed by atoms with van der Waals surface area (Å²) in [5.74, 6) is 0. The lowest BCUT2D eigenvalue weighted by Gasteiger charge is -2.10. The largest absolute Gasteiger partial charge is 0.433 e. The maximum absolute atomic E-state index is 13.4. The van der Waals surface area contributed by atoms with Crippen LogP contribution in [0.3, 0.4) is 0 Å². The molecular formula is C15H13F3N4S. The summed E-state index contributed by atoms with van der Waals surface area (Å²) < 4.78 is 40.9. The minimum absolute atomic E-state index is 0.261. The zero-order valence-corrected chi connectivity index (χ0v) is 13.2. The Morgan fingerprint density at radius 1 is 1.13 bits per heavy atom. The summed E-state index contributed by atoms with van der Waals surface area (Å²) in [5.41, 5.74) is 6.47. The van der Waals surface area contributed by atoms with Crippen molar-refractivity contribution in [2.75, 3.05) is 5.73 Å². The number of aryl methyl sites for hydroxylation is 2. The van der Waals surface area contributed by atoms with E-state index in [0.29, 0.717) is 21.9 Å². The van der Waals surface area contributed by atoms with Gasteiger partial charge in [-0.15, -0.1) is 11.3 Å². The van der Waals surface area contributed by atoms with Crippen LogP contribution in [0.5, 0.6) is 0 Å². The van der Waals surface area contributed by atoms with Crippen LogP contribution in [0.15, 0.2) is 30.3 Å². The van der Waals surface area contributed by atoms with E-state index in [1.54, 1.807) is 19.1 Å². The Morgan fingerprint density at radius 2 is 1.78 bits per heavy atom. The van der Waals surface area contributed by atoms with Crippen molar-refractivity contribution in [2.45, 2.75) is 20.0 Å². The Kier molecular flexibility index (Phi) is 3.63. The topological polar surface area (TPSA) is 56.7 Å². The van der Waals surface area contributed by atoms with Crippen molar-refractivity contribution in [3.8, 4) is 16.3 Å². The highest BCUT2D eigenvalue weighted by atomic mass is 32.1. The summed E-state index contributed by atoms with van der Waals surface area (Å²) >= 11 is 1.32. The predicted molar refractivity (Wildman–Crippen MR) is 83.6 cm³/mol. The van der Waals surface area contributed by atoms with Gasteiger partial charge in [0.05, 0.1) is 21.3 Å². The number of halogens is 3. The van der Waals surface area contributed by atoms with Crippen LogP contribution in [0.1, 0.15) is 16.4 Å². The molecule has 0 unspecified atom stereocenters. The lowest BCUT2D eigenvalue weighted by Crippen LogP contribution is -2.13. The van der Waals surface area contributed by atoms with Crippen LogP contribution in [0.25, 0.3) is 16.3 Å². The van der Waals surface area contributed by atoms with E-state index in [4.69, 9.17) is 5.73 Å². The van der Waals surface area contributed by atoms with Crippen LogP contribution in [-0.4, -0.2) is 14.8 Å². The number of nitrogen functional groups attached to an aromatic ring is 1. The first kappa shape index (κ1) is 15.5. The molecule has 0 aliphatic heterocycles. The smallest absolute Gasteiger partial charge is 0.399 e. The number of thiazole rings is 1. The number of aromatic nitrogens is 3.